The summed E-state index contributed by atoms with van der Waals surface area (Å²) >= 11 is 0. The Kier molecular flexibility index (Phi) is 6.37. The third kappa shape index (κ3) is 4.43. The lowest BCUT2D eigenvalue weighted by Gasteiger charge is -2.09. The molecule has 0 saturated heterocycles. The van der Waals surface area contributed by atoms with Crippen LogP contribution in [0.1, 0.15) is 29.8 Å². The van der Waals surface area contributed by atoms with Crippen molar-refractivity contribution in [3.05, 3.63) is 83.9 Å². The van der Waals surface area contributed by atoms with Crippen molar-refractivity contribution in [1.82, 2.24) is 9.97 Å². The summed E-state index contributed by atoms with van der Waals surface area (Å²) in [5, 5.41) is 0.657. The second-order valence-corrected chi connectivity index (χ2v) is 6.36. The van der Waals surface area contributed by atoms with Crippen molar-refractivity contribution in [3.8, 4) is 22.8 Å². The van der Waals surface area contributed by atoms with Crippen LogP contribution in [0.25, 0.3) is 22.2 Å². The van der Waals surface area contributed by atoms with Crippen molar-refractivity contribution in [2.75, 3.05) is 0 Å². The lowest BCUT2D eigenvalue weighted by Crippen LogP contribution is -2.12. The molecule has 6 heteroatoms. The first kappa shape index (κ1) is 20.9. The fourth-order valence-corrected chi connectivity index (χ4v) is 3.03. The Balaban J connectivity index is 0.00000124. The van der Waals surface area contributed by atoms with Crippen LogP contribution in [0.5, 0.6) is 11.5 Å². The molecule has 2 aromatic carbocycles. The maximum absolute atomic E-state index is 13.8. The number of fused-ring (bicyclic) bond motifs is 1. The van der Waals surface area contributed by atoms with E-state index < -0.39 is 5.91 Å². The Morgan fingerprint density at radius 1 is 1.00 bits per heavy atom. The minimum Gasteiger partial charge on any atom is -0.456 e. The number of amides is 1. The zero-order valence-electron chi connectivity index (χ0n) is 17.0. The number of nitrogens with two attached hydrogens (primary N) is 1. The number of carbonyl (C=O) groups is 1. The molecule has 0 saturated carbocycles. The zero-order chi connectivity index (χ0) is 21.7. The maximum atomic E-state index is 13.8. The van der Waals surface area contributed by atoms with Crippen molar-refractivity contribution in [2.45, 2.75) is 20.8 Å². The number of halogens is 1. The average molecular weight is 403 g/mol. The smallest absolute Gasteiger partial charge is 0.248 e. The van der Waals surface area contributed by atoms with E-state index in [-0.39, 0.29) is 5.82 Å². The Morgan fingerprint density at radius 3 is 2.53 bits per heavy atom. The summed E-state index contributed by atoms with van der Waals surface area (Å²) in [6, 6.07) is 15.4. The lowest BCUT2D eigenvalue weighted by atomic mass is 10.0. The molecule has 2 aromatic heterocycles. The van der Waals surface area contributed by atoms with Crippen molar-refractivity contribution in [3.63, 3.8) is 0 Å². The van der Waals surface area contributed by atoms with Crippen LogP contribution in [0.3, 0.4) is 0 Å². The Morgan fingerprint density at radius 2 is 1.80 bits per heavy atom. The second-order valence-electron chi connectivity index (χ2n) is 6.36. The molecule has 1 amide bonds. The van der Waals surface area contributed by atoms with E-state index in [0.29, 0.717) is 33.7 Å². The monoisotopic (exact) mass is 403 g/mol. The van der Waals surface area contributed by atoms with Crippen LogP contribution in [0.4, 0.5) is 4.39 Å². The molecule has 0 bridgehead atoms. The molecule has 0 radical (unpaired) electrons. The molecular formula is C24H22FN3O2. The van der Waals surface area contributed by atoms with E-state index in [0.717, 1.165) is 11.1 Å². The van der Waals surface area contributed by atoms with Gasteiger partial charge in [0, 0.05) is 28.8 Å². The van der Waals surface area contributed by atoms with Crippen LogP contribution in [-0.2, 0) is 0 Å². The Labute approximate surface area is 174 Å². The summed E-state index contributed by atoms with van der Waals surface area (Å²) < 4.78 is 19.6. The van der Waals surface area contributed by atoms with E-state index in [4.69, 9.17) is 10.5 Å². The van der Waals surface area contributed by atoms with Crippen LogP contribution < -0.4 is 10.5 Å². The van der Waals surface area contributed by atoms with Crippen molar-refractivity contribution in [2.24, 2.45) is 5.73 Å². The first-order valence-electron chi connectivity index (χ1n) is 9.60. The van der Waals surface area contributed by atoms with Crippen LogP contribution in [0.15, 0.2) is 67.0 Å². The molecule has 152 valence electrons. The first-order chi connectivity index (χ1) is 14.5. The Bertz CT molecular complexity index is 1210. The van der Waals surface area contributed by atoms with E-state index in [1.54, 1.807) is 48.7 Å². The number of aryl methyl sites for hydroxylation is 1. The number of nitrogens with zero attached hydrogens (tertiary/aromatic N) is 2. The normalized spacial score (nSPS) is 10.3. The summed E-state index contributed by atoms with van der Waals surface area (Å²) in [5.41, 5.74) is 8.44. The van der Waals surface area contributed by atoms with Gasteiger partial charge in [0.1, 0.15) is 22.8 Å². The van der Waals surface area contributed by atoms with Gasteiger partial charge in [-0.15, -0.1) is 0 Å². The number of carbonyl (C=O) groups excluding carboxylic acids is 1. The number of pyridine rings is 2. The van der Waals surface area contributed by atoms with E-state index in [1.807, 2.05) is 26.8 Å². The second kappa shape index (κ2) is 9.13. The topological polar surface area (TPSA) is 78.1 Å². The Hall–Kier alpha value is -3.80. The summed E-state index contributed by atoms with van der Waals surface area (Å²) in [7, 11) is 0. The number of aromatic nitrogens is 2. The number of para-hydroxylation sites is 1. The highest BCUT2D eigenvalue weighted by Crippen LogP contribution is 2.28. The SMILES string of the molecule is CC.Cc1cc(-c2cc(Oc3cnc4c(F)cccc4c3)ccn2)ccc1C(N)=O. The van der Waals surface area contributed by atoms with Gasteiger partial charge in [-0.2, -0.15) is 0 Å². The molecule has 0 fully saturated rings. The highest BCUT2D eigenvalue weighted by atomic mass is 19.1. The van der Waals surface area contributed by atoms with E-state index in [1.165, 1.54) is 12.3 Å². The molecule has 0 atom stereocenters. The average Bonchev–Trinajstić information content (AvgIpc) is 2.75. The highest BCUT2D eigenvalue weighted by Gasteiger charge is 2.09. The molecule has 2 N–H and O–H groups in total. The number of primary amides is 1. The van der Waals surface area contributed by atoms with Crippen molar-refractivity contribution in [1.29, 1.82) is 0 Å². The zero-order valence-corrected chi connectivity index (χ0v) is 17.0. The van der Waals surface area contributed by atoms with Gasteiger partial charge < -0.3 is 10.5 Å². The fourth-order valence-electron chi connectivity index (χ4n) is 3.03. The number of benzene rings is 2. The van der Waals surface area contributed by atoms with Gasteiger partial charge in [-0.1, -0.05) is 32.0 Å². The fraction of sp³-hybridized carbons (Fsp3) is 0.125. The molecule has 30 heavy (non-hydrogen) atoms. The van der Waals surface area contributed by atoms with Gasteiger partial charge in [-0.3, -0.25) is 9.78 Å². The van der Waals surface area contributed by atoms with Crippen LogP contribution in [0, 0.1) is 12.7 Å². The van der Waals surface area contributed by atoms with Crippen LogP contribution >= 0.6 is 0 Å². The largest absolute Gasteiger partial charge is 0.456 e. The molecule has 0 aliphatic rings. The predicted molar refractivity (Wildman–Crippen MR) is 116 cm³/mol. The van der Waals surface area contributed by atoms with Gasteiger partial charge in [0.15, 0.2) is 0 Å². The number of ether oxygens (including phenoxy) is 1. The molecule has 0 aliphatic carbocycles. The molecule has 2 heterocycles. The number of hydrogen-bond acceptors (Lipinski definition) is 4. The molecule has 4 rings (SSSR count). The third-order valence-corrected chi connectivity index (χ3v) is 4.39. The third-order valence-electron chi connectivity index (χ3n) is 4.39. The highest BCUT2D eigenvalue weighted by molar-refractivity contribution is 5.94. The van der Waals surface area contributed by atoms with E-state index >= 15 is 0 Å². The summed E-state index contributed by atoms with van der Waals surface area (Å²) in [6.45, 7) is 5.82. The molecule has 0 aliphatic heterocycles. The lowest BCUT2D eigenvalue weighted by molar-refractivity contribution is 0.0999. The minimum atomic E-state index is -0.464. The summed E-state index contributed by atoms with van der Waals surface area (Å²) in [5.74, 6) is 0.231. The standard InChI is InChI=1S/C22H16FN3O2.C2H6/c1-13-9-14(5-6-18(13)22(24)27)20-11-16(7-8-25-20)28-17-10-15-3-2-4-19(23)21(15)26-12-17;1-2/h2-12H,1H3,(H2,24,27);1-2H3. The summed E-state index contributed by atoms with van der Waals surface area (Å²) in [4.78, 5) is 19.9. The number of rotatable bonds is 4. The van der Waals surface area contributed by atoms with Crippen LogP contribution in [-0.4, -0.2) is 15.9 Å². The van der Waals surface area contributed by atoms with Gasteiger partial charge in [-0.25, -0.2) is 9.37 Å². The van der Waals surface area contributed by atoms with Crippen molar-refractivity contribution >= 4 is 16.8 Å². The van der Waals surface area contributed by atoms with E-state index in [9.17, 15) is 9.18 Å². The molecule has 4 aromatic rings. The van der Waals surface area contributed by atoms with E-state index in [2.05, 4.69) is 9.97 Å². The van der Waals surface area contributed by atoms with Gasteiger partial charge in [0.2, 0.25) is 5.91 Å². The predicted octanol–water partition coefficient (Wildman–Crippen LogP) is 5.66. The minimum absolute atomic E-state index is 0.301. The number of hydrogen-bond donors (Lipinski definition) is 1. The summed E-state index contributed by atoms with van der Waals surface area (Å²) in [6.07, 6.45) is 3.12. The molecular weight excluding hydrogens is 381 g/mol. The van der Waals surface area contributed by atoms with Crippen LogP contribution in [0.2, 0.25) is 0 Å². The van der Waals surface area contributed by atoms with Gasteiger partial charge in [0.25, 0.3) is 0 Å². The molecule has 0 unspecified atom stereocenters. The quantitative estimate of drug-likeness (QED) is 0.477. The molecule has 0 spiro atoms. The maximum Gasteiger partial charge on any atom is 0.248 e. The van der Waals surface area contributed by atoms with Gasteiger partial charge >= 0.3 is 0 Å². The first-order valence-corrected chi connectivity index (χ1v) is 9.60. The van der Waals surface area contributed by atoms with Gasteiger partial charge in [0.05, 0.1) is 11.9 Å². The molecule has 5 nitrogen and oxygen atoms in total. The van der Waals surface area contributed by atoms with Crippen molar-refractivity contribution < 1.29 is 13.9 Å². The van der Waals surface area contributed by atoms with Gasteiger partial charge in [-0.05, 0) is 42.8 Å².